The van der Waals surface area contributed by atoms with E-state index in [9.17, 15) is 5.02 Å². The molecule has 1 rings (SSSR count). The second-order valence-electron chi connectivity index (χ2n) is 2.72. The minimum atomic E-state index is -0.698. The van der Waals surface area contributed by atoms with E-state index in [4.69, 9.17) is 0 Å². The minimum Gasteiger partial charge on any atom is -0.428 e. The lowest BCUT2D eigenvalue weighted by atomic mass is 9.70. The first-order chi connectivity index (χ1) is 6.29. The van der Waals surface area contributed by atoms with Crippen LogP contribution in [0.5, 0.6) is 0 Å². The zero-order valence-corrected chi connectivity index (χ0v) is 7.70. The first-order valence-electron chi connectivity index (χ1n) is 4.28. The Morgan fingerprint density at radius 1 is 1.77 bits per heavy atom. The molecule has 0 radical (unpaired) electrons. The molecule has 0 fully saturated rings. The van der Waals surface area contributed by atoms with Gasteiger partial charge in [0, 0.05) is 6.21 Å². The predicted molar refractivity (Wildman–Crippen MR) is 56.3 cm³/mol. The molecule has 0 unspecified atom stereocenters. The summed E-state index contributed by atoms with van der Waals surface area (Å²) in [6, 6.07) is 0. The Bertz CT molecular complexity index is 281. The molecule has 0 aromatic carbocycles. The quantitative estimate of drug-likeness (QED) is 0.498. The lowest BCUT2D eigenvalue weighted by Gasteiger charge is -2.14. The van der Waals surface area contributed by atoms with Crippen LogP contribution in [-0.4, -0.2) is 18.3 Å². The molecule has 3 nitrogen and oxygen atoms in total. The van der Waals surface area contributed by atoms with Crippen molar-refractivity contribution >= 4 is 13.3 Å². The lowest BCUT2D eigenvalue weighted by Crippen LogP contribution is -2.35. The number of hydrazone groups is 1. The molecule has 0 aliphatic carbocycles. The maximum absolute atomic E-state index is 9.53. The van der Waals surface area contributed by atoms with E-state index in [2.05, 4.69) is 17.0 Å². The number of nitrogens with one attached hydrogen (secondary N) is 1. The number of hydrogen-bond donors (Lipinski definition) is 2. The monoisotopic (exact) mass is 176 g/mol. The molecule has 0 amide bonds. The van der Waals surface area contributed by atoms with Crippen molar-refractivity contribution in [1.82, 2.24) is 5.34 Å². The molecule has 68 valence electrons. The van der Waals surface area contributed by atoms with Crippen molar-refractivity contribution in [3.05, 3.63) is 35.9 Å². The molecule has 0 atom stereocenters. The van der Waals surface area contributed by atoms with Crippen LogP contribution in [0.25, 0.3) is 0 Å². The van der Waals surface area contributed by atoms with Crippen LogP contribution in [0.3, 0.4) is 0 Å². The molecule has 1 heterocycles. The number of allylic oxidation sites excluding steroid dienone is 5. The zero-order chi connectivity index (χ0) is 9.68. The van der Waals surface area contributed by atoms with Gasteiger partial charge in [0.15, 0.2) is 0 Å². The number of nitrogens with zero attached hydrogens (tertiary/aromatic N) is 1. The highest BCUT2D eigenvalue weighted by Gasteiger charge is 2.20. The van der Waals surface area contributed by atoms with Gasteiger partial charge in [0.2, 0.25) is 0 Å². The Labute approximate surface area is 78.7 Å². The van der Waals surface area contributed by atoms with Crippen molar-refractivity contribution in [3.8, 4) is 0 Å². The Hall–Kier alpha value is -1.29. The standard InChI is InChI=1S/C9H13BN2O/c1-3-5-6-9-8(4-2)7-11-12-10(9)13/h3,5-7,12-13H,1,4H2,2H3/b6-5-. The predicted octanol–water partition coefficient (Wildman–Crippen LogP) is 1.04. The molecule has 13 heavy (non-hydrogen) atoms. The van der Waals surface area contributed by atoms with Crippen LogP contribution in [0.1, 0.15) is 13.3 Å². The average Bonchev–Trinajstić information content (AvgIpc) is 2.15. The molecule has 0 spiro atoms. The summed E-state index contributed by atoms with van der Waals surface area (Å²) in [6.45, 7) is 5.60. The van der Waals surface area contributed by atoms with E-state index in [1.165, 1.54) is 0 Å². The molecule has 0 aromatic rings. The van der Waals surface area contributed by atoms with Gasteiger partial charge < -0.3 is 10.4 Å². The van der Waals surface area contributed by atoms with Gasteiger partial charge in [-0.25, -0.2) is 0 Å². The topological polar surface area (TPSA) is 44.6 Å². The van der Waals surface area contributed by atoms with Gasteiger partial charge in [-0.2, -0.15) is 5.10 Å². The van der Waals surface area contributed by atoms with E-state index >= 15 is 0 Å². The molecular formula is C9H13BN2O. The van der Waals surface area contributed by atoms with Gasteiger partial charge >= 0.3 is 7.05 Å². The van der Waals surface area contributed by atoms with Crippen molar-refractivity contribution in [1.29, 1.82) is 0 Å². The van der Waals surface area contributed by atoms with Crippen LogP contribution in [0.15, 0.2) is 41.0 Å². The number of rotatable bonds is 3. The molecule has 1 aliphatic heterocycles. The summed E-state index contributed by atoms with van der Waals surface area (Å²) in [5.41, 5.74) is 1.90. The highest BCUT2D eigenvalue weighted by Crippen LogP contribution is 2.12. The Morgan fingerprint density at radius 2 is 2.54 bits per heavy atom. The fourth-order valence-corrected chi connectivity index (χ4v) is 1.17. The average molecular weight is 176 g/mol. The van der Waals surface area contributed by atoms with E-state index in [0.29, 0.717) is 0 Å². The maximum Gasteiger partial charge on any atom is 0.463 e. The largest absolute Gasteiger partial charge is 0.463 e. The van der Waals surface area contributed by atoms with Crippen molar-refractivity contribution in [2.45, 2.75) is 13.3 Å². The van der Waals surface area contributed by atoms with Gasteiger partial charge in [-0.05, 0) is 17.5 Å². The molecule has 4 heteroatoms. The highest BCUT2D eigenvalue weighted by molar-refractivity contribution is 6.58. The van der Waals surface area contributed by atoms with Crippen LogP contribution in [0.2, 0.25) is 0 Å². The first kappa shape index (κ1) is 9.80. The van der Waals surface area contributed by atoms with E-state index in [1.807, 2.05) is 13.0 Å². The molecule has 0 saturated heterocycles. The van der Waals surface area contributed by atoms with Crippen molar-refractivity contribution in [2.75, 3.05) is 0 Å². The third-order valence-electron chi connectivity index (χ3n) is 1.88. The third kappa shape index (κ3) is 2.32. The van der Waals surface area contributed by atoms with E-state index in [-0.39, 0.29) is 0 Å². The van der Waals surface area contributed by atoms with Gasteiger partial charge in [0.1, 0.15) is 0 Å². The van der Waals surface area contributed by atoms with Crippen molar-refractivity contribution < 1.29 is 5.02 Å². The van der Waals surface area contributed by atoms with E-state index in [1.54, 1.807) is 18.4 Å². The second kappa shape index (κ2) is 4.67. The summed E-state index contributed by atoms with van der Waals surface area (Å²) in [5, 5.41) is 15.9. The van der Waals surface area contributed by atoms with Crippen LogP contribution in [0, 0.1) is 0 Å². The first-order valence-corrected chi connectivity index (χ1v) is 4.28. The smallest absolute Gasteiger partial charge is 0.428 e. The van der Waals surface area contributed by atoms with Crippen molar-refractivity contribution in [2.24, 2.45) is 5.10 Å². The molecular weight excluding hydrogens is 163 g/mol. The normalized spacial score (nSPS) is 16.6. The van der Waals surface area contributed by atoms with Gasteiger partial charge in [-0.15, -0.1) is 0 Å². The summed E-state index contributed by atoms with van der Waals surface area (Å²) in [5.74, 6) is 0. The summed E-state index contributed by atoms with van der Waals surface area (Å²) < 4.78 is 0. The number of hydrogen-bond acceptors (Lipinski definition) is 3. The molecule has 1 aliphatic rings. The van der Waals surface area contributed by atoms with Crippen LogP contribution in [0.4, 0.5) is 0 Å². The summed E-state index contributed by atoms with van der Waals surface area (Å²) in [7, 11) is -0.698. The second-order valence-corrected chi connectivity index (χ2v) is 2.72. The van der Waals surface area contributed by atoms with Gasteiger partial charge in [-0.1, -0.05) is 31.7 Å². The van der Waals surface area contributed by atoms with Crippen molar-refractivity contribution in [3.63, 3.8) is 0 Å². The molecule has 2 N–H and O–H groups in total. The minimum absolute atomic E-state index is 0.698. The maximum atomic E-state index is 9.53. The fraction of sp³-hybridized carbons (Fsp3) is 0.222. The lowest BCUT2D eigenvalue weighted by molar-refractivity contribution is 0.560. The Morgan fingerprint density at radius 3 is 3.15 bits per heavy atom. The van der Waals surface area contributed by atoms with Crippen LogP contribution in [-0.2, 0) is 0 Å². The van der Waals surface area contributed by atoms with E-state index < -0.39 is 7.05 Å². The zero-order valence-electron chi connectivity index (χ0n) is 7.70. The van der Waals surface area contributed by atoms with E-state index in [0.717, 1.165) is 17.5 Å². The van der Waals surface area contributed by atoms with Gasteiger partial charge in [-0.3, -0.25) is 0 Å². The summed E-state index contributed by atoms with van der Waals surface area (Å²) in [4.78, 5) is 0. The van der Waals surface area contributed by atoms with Gasteiger partial charge in [0.05, 0.1) is 0 Å². The van der Waals surface area contributed by atoms with Crippen LogP contribution >= 0.6 is 0 Å². The third-order valence-corrected chi connectivity index (χ3v) is 1.88. The Balaban J connectivity index is 2.94. The Kier molecular flexibility index (Phi) is 3.52. The van der Waals surface area contributed by atoms with Crippen LogP contribution < -0.4 is 5.34 Å². The summed E-state index contributed by atoms with van der Waals surface area (Å²) >= 11 is 0. The molecule has 0 saturated carbocycles. The SMILES string of the molecule is C=C/C=C\C1=C(CC)C=NNB1O. The molecule has 0 aromatic heterocycles. The van der Waals surface area contributed by atoms with Gasteiger partial charge in [0.25, 0.3) is 0 Å². The molecule has 0 bridgehead atoms. The fourth-order valence-electron chi connectivity index (χ4n) is 1.17. The summed E-state index contributed by atoms with van der Waals surface area (Å²) in [6.07, 6.45) is 7.91. The highest BCUT2D eigenvalue weighted by atomic mass is 16.2.